The van der Waals surface area contributed by atoms with Crippen LogP contribution in [0, 0.1) is 18.6 Å². The quantitative estimate of drug-likeness (QED) is 0.607. The standard InChI is InChI=1S/C17H12F2N6O/c1-9-4-2-3-5-11(9)16-21-17(26-23-16)14-15(20)25(24-22-14)13-7-6-10(18)8-12(13)19/h2-8H,20H2,1H3. The maximum atomic E-state index is 14.0. The van der Waals surface area contributed by atoms with Gasteiger partial charge < -0.3 is 10.3 Å². The van der Waals surface area contributed by atoms with Crippen molar-refractivity contribution >= 4 is 5.82 Å². The van der Waals surface area contributed by atoms with Gasteiger partial charge in [-0.25, -0.2) is 8.78 Å². The molecule has 4 rings (SSSR count). The molecule has 0 radical (unpaired) electrons. The Kier molecular flexibility index (Phi) is 3.68. The lowest BCUT2D eigenvalue weighted by Gasteiger charge is -2.04. The lowest BCUT2D eigenvalue weighted by molar-refractivity contribution is 0.431. The second-order valence-electron chi connectivity index (χ2n) is 5.57. The van der Waals surface area contributed by atoms with Crippen LogP contribution in [0.25, 0.3) is 28.7 Å². The highest BCUT2D eigenvalue weighted by Crippen LogP contribution is 2.28. The molecule has 0 bridgehead atoms. The summed E-state index contributed by atoms with van der Waals surface area (Å²) in [6, 6.07) is 10.6. The fourth-order valence-corrected chi connectivity index (χ4v) is 2.53. The van der Waals surface area contributed by atoms with Crippen molar-refractivity contribution in [1.29, 1.82) is 0 Å². The topological polar surface area (TPSA) is 95.7 Å². The van der Waals surface area contributed by atoms with Gasteiger partial charge >= 0.3 is 0 Å². The van der Waals surface area contributed by atoms with Crippen LogP contribution in [-0.4, -0.2) is 25.1 Å². The Morgan fingerprint density at radius 2 is 1.92 bits per heavy atom. The van der Waals surface area contributed by atoms with Crippen LogP contribution in [0.3, 0.4) is 0 Å². The highest BCUT2D eigenvalue weighted by Gasteiger charge is 2.21. The fourth-order valence-electron chi connectivity index (χ4n) is 2.53. The smallest absolute Gasteiger partial charge is 0.282 e. The molecule has 4 aromatic rings. The minimum absolute atomic E-state index is 0.00417. The molecule has 0 spiro atoms. The molecule has 7 nitrogen and oxygen atoms in total. The molecule has 0 aliphatic rings. The van der Waals surface area contributed by atoms with Gasteiger partial charge in [-0.1, -0.05) is 34.6 Å². The second kappa shape index (κ2) is 6.03. The Labute approximate surface area is 146 Å². The van der Waals surface area contributed by atoms with Crippen molar-refractivity contribution < 1.29 is 13.3 Å². The normalized spacial score (nSPS) is 11.0. The summed E-state index contributed by atoms with van der Waals surface area (Å²) in [6.07, 6.45) is 0. The monoisotopic (exact) mass is 354 g/mol. The highest BCUT2D eigenvalue weighted by atomic mass is 19.1. The summed E-state index contributed by atoms with van der Waals surface area (Å²) < 4.78 is 33.3. The molecule has 0 amide bonds. The molecule has 0 aliphatic carbocycles. The number of nitrogens with zero attached hydrogens (tertiary/aromatic N) is 5. The van der Waals surface area contributed by atoms with Crippen LogP contribution in [0.2, 0.25) is 0 Å². The molecule has 0 aliphatic heterocycles. The first-order valence-corrected chi connectivity index (χ1v) is 7.61. The summed E-state index contributed by atoms with van der Waals surface area (Å²) >= 11 is 0. The highest BCUT2D eigenvalue weighted by molar-refractivity contribution is 5.67. The Bertz CT molecular complexity index is 1100. The number of aromatic nitrogens is 5. The van der Waals surface area contributed by atoms with E-state index < -0.39 is 11.6 Å². The van der Waals surface area contributed by atoms with E-state index in [1.807, 2.05) is 31.2 Å². The molecule has 0 unspecified atom stereocenters. The first-order valence-electron chi connectivity index (χ1n) is 7.61. The number of halogens is 2. The van der Waals surface area contributed by atoms with Crippen molar-refractivity contribution in [2.75, 3.05) is 5.73 Å². The van der Waals surface area contributed by atoms with Crippen molar-refractivity contribution in [1.82, 2.24) is 25.1 Å². The zero-order chi connectivity index (χ0) is 18.3. The first-order chi connectivity index (χ1) is 12.5. The molecule has 2 N–H and O–H groups in total. The lowest BCUT2D eigenvalue weighted by atomic mass is 10.1. The zero-order valence-corrected chi connectivity index (χ0v) is 13.5. The maximum Gasteiger partial charge on any atom is 0.282 e. The van der Waals surface area contributed by atoms with Crippen LogP contribution < -0.4 is 5.73 Å². The van der Waals surface area contributed by atoms with Gasteiger partial charge in [-0.05, 0) is 24.6 Å². The fraction of sp³-hybridized carbons (Fsp3) is 0.0588. The van der Waals surface area contributed by atoms with Crippen molar-refractivity contribution in [3.63, 3.8) is 0 Å². The van der Waals surface area contributed by atoms with E-state index in [4.69, 9.17) is 10.3 Å². The second-order valence-corrected chi connectivity index (χ2v) is 5.57. The number of aryl methyl sites for hydroxylation is 1. The average molecular weight is 354 g/mol. The van der Waals surface area contributed by atoms with E-state index >= 15 is 0 Å². The molecule has 26 heavy (non-hydrogen) atoms. The van der Waals surface area contributed by atoms with Gasteiger partial charge in [0.2, 0.25) is 5.82 Å². The number of benzene rings is 2. The van der Waals surface area contributed by atoms with Gasteiger partial charge in [0.05, 0.1) is 0 Å². The summed E-state index contributed by atoms with van der Waals surface area (Å²) in [5, 5.41) is 11.6. The third kappa shape index (κ3) is 2.59. The Balaban J connectivity index is 1.75. The number of anilines is 1. The first kappa shape index (κ1) is 15.9. The molecule has 2 aromatic heterocycles. The number of rotatable bonds is 3. The van der Waals surface area contributed by atoms with Gasteiger partial charge in [-0.3, -0.25) is 0 Å². The van der Waals surface area contributed by atoms with E-state index in [0.29, 0.717) is 5.82 Å². The third-order valence-electron chi connectivity index (χ3n) is 3.86. The zero-order valence-electron chi connectivity index (χ0n) is 13.5. The van der Waals surface area contributed by atoms with Crippen LogP contribution in [0.1, 0.15) is 5.56 Å². The summed E-state index contributed by atoms with van der Waals surface area (Å²) in [5.74, 6) is -1.10. The Hall–Kier alpha value is -3.62. The molecule has 0 saturated carbocycles. The van der Waals surface area contributed by atoms with E-state index in [1.165, 1.54) is 6.07 Å². The van der Waals surface area contributed by atoms with Gasteiger partial charge in [0.1, 0.15) is 11.5 Å². The van der Waals surface area contributed by atoms with Crippen LogP contribution in [0.15, 0.2) is 47.0 Å². The average Bonchev–Trinajstić information content (AvgIpc) is 3.22. The summed E-state index contributed by atoms with van der Waals surface area (Å²) in [5.41, 5.74) is 7.85. The Morgan fingerprint density at radius 3 is 2.69 bits per heavy atom. The minimum atomic E-state index is -0.820. The van der Waals surface area contributed by atoms with Crippen molar-refractivity contribution in [2.24, 2.45) is 0 Å². The molecule has 0 atom stereocenters. The summed E-state index contributed by atoms with van der Waals surface area (Å²) in [7, 11) is 0. The van der Waals surface area contributed by atoms with Gasteiger partial charge in [0.15, 0.2) is 17.3 Å². The molecule has 2 heterocycles. The summed E-state index contributed by atoms with van der Waals surface area (Å²) in [4.78, 5) is 4.29. The number of nitrogens with two attached hydrogens (primary N) is 1. The molecule has 0 fully saturated rings. The van der Waals surface area contributed by atoms with E-state index in [9.17, 15) is 8.78 Å². The summed E-state index contributed by atoms with van der Waals surface area (Å²) in [6.45, 7) is 1.92. The predicted molar refractivity (Wildman–Crippen MR) is 89.2 cm³/mol. The maximum absolute atomic E-state index is 14.0. The SMILES string of the molecule is Cc1ccccc1-c1noc(-c2nnn(-c3ccc(F)cc3F)c2N)n1. The number of hydrogen-bond acceptors (Lipinski definition) is 6. The predicted octanol–water partition coefficient (Wildman–Crippen LogP) is 3.15. The third-order valence-corrected chi connectivity index (χ3v) is 3.86. The largest absolute Gasteiger partial charge is 0.382 e. The molecule has 130 valence electrons. The van der Waals surface area contributed by atoms with Crippen molar-refractivity contribution in [3.05, 3.63) is 59.7 Å². The number of nitrogen functional groups attached to an aromatic ring is 1. The number of hydrogen-bond donors (Lipinski definition) is 1. The van der Waals surface area contributed by atoms with E-state index in [-0.39, 0.29) is 23.1 Å². The minimum Gasteiger partial charge on any atom is -0.382 e. The van der Waals surface area contributed by atoms with Gasteiger partial charge in [-0.15, -0.1) is 5.10 Å². The molecule has 2 aromatic carbocycles. The van der Waals surface area contributed by atoms with Crippen LogP contribution in [0.4, 0.5) is 14.6 Å². The van der Waals surface area contributed by atoms with Crippen molar-refractivity contribution in [3.8, 4) is 28.7 Å². The van der Waals surface area contributed by atoms with Gasteiger partial charge in [0, 0.05) is 11.6 Å². The van der Waals surface area contributed by atoms with Gasteiger partial charge in [0.25, 0.3) is 5.89 Å². The van der Waals surface area contributed by atoms with Crippen molar-refractivity contribution in [2.45, 2.75) is 6.92 Å². The van der Waals surface area contributed by atoms with E-state index in [2.05, 4.69) is 20.5 Å². The van der Waals surface area contributed by atoms with Crippen LogP contribution >= 0.6 is 0 Å². The Morgan fingerprint density at radius 1 is 1.12 bits per heavy atom. The van der Waals surface area contributed by atoms with Crippen LogP contribution in [0.5, 0.6) is 0 Å². The van der Waals surface area contributed by atoms with Crippen LogP contribution in [-0.2, 0) is 0 Å². The van der Waals surface area contributed by atoms with Gasteiger partial charge in [-0.2, -0.15) is 9.67 Å². The molecule has 0 saturated heterocycles. The lowest BCUT2D eigenvalue weighted by Crippen LogP contribution is -2.05. The van der Waals surface area contributed by atoms with E-state index in [1.54, 1.807) is 0 Å². The molecule has 9 heteroatoms. The van der Waals surface area contributed by atoms with E-state index in [0.717, 1.165) is 27.9 Å². The molecular weight excluding hydrogens is 342 g/mol. The molecular formula is C17H12F2N6O.